The van der Waals surface area contributed by atoms with Gasteiger partial charge in [0.05, 0.1) is 11.1 Å². The van der Waals surface area contributed by atoms with Crippen LogP contribution in [0.25, 0.3) is 11.1 Å². The molecule has 2 saturated heterocycles. The summed E-state index contributed by atoms with van der Waals surface area (Å²) >= 11 is 2.92. The Morgan fingerprint density at radius 3 is 2.43 bits per heavy atom. The van der Waals surface area contributed by atoms with E-state index >= 15 is 0 Å². The SMILES string of the molecule is O=C(NO)c1cnc(N2CCN(S(=O)(=O)c3ccc(-c4ccsc4CN4CCCC4)cc3)CC2)s1. The van der Waals surface area contributed by atoms with Gasteiger partial charge in [-0.15, -0.1) is 11.3 Å². The van der Waals surface area contributed by atoms with Gasteiger partial charge in [0.1, 0.15) is 4.88 Å². The van der Waals surface area contributed by atoms with Crippen LogP contribution in [0.4, 0.5) is 5.13 Å². The molecule has 186 valence electrons. The summed E-state index contributed by atoms with van der Waals surface area (Å²) in [5.74, 6) is -0.607. The van der Waals surface area contributed by atoms with E-state index in [0.717, 1.165) is 36.5 Å². The molecule has 0 atom stereocenters. The highest BCUT2D eigenvalue weighted by Crippen LogP contribution is 2.32. The molecule has 2 fully saturated rings. The Morgan fingerprint density at radius 1 is 1.03 bits per heavy atom. The molecule has 0 spiro atoms. The van der Waals surface area contributed by atoms with E-state index in [9.17, 15) is 13.2 Å². The summed E-state index contributed by atoms with van der Waals surface area (Å²) in [6.45, 7) is 4.83. The van der Waals surface area contributed by atoms with Gasteiger partial charge in [-0.3, -0.25) is 14.9 Å². The molecule has 3 aromatic rings. The second-order valence-electron chi connectivity index (χ2n) is 8.60. The number of benzene rings is 1. The van der Waals surface area contributed by atoms with Gasteiger partial charge in [0.25, 0.3) is 5.91 Å². The van der Waals surface area contributed by atoms with Crippen LogP contribution < -0.4 is 10.4 Å². The standard InChI is InChI=1S/C23H27N5O4S3/c29-22(25-30)20-15-24-23(34-20)27-10-12-28(13-11-27)35(31,32)18-5-3-17(4-6-18)19-7-14-33-21(19)16-26-8-1-2-9-26/h3-7,14-15,30H,1-2,8-13,16H2,(H,25,29). The van der Waals surface area contributed by atoms with Crippen LogP contribution in [0.2, 0.25) is 0 Å². The van der Waals surface area contributed by atoms with Crippen molar-refractivity contribution in [3.05, 3.63) is 51.7 Å². The van der Waals surface area contributed by atoms with Crippen LogP contribution in [0.3, 0.4) is 0 Å². The van der Waals surface area contributed by atoms with Crippen molar-refractivity contribution in [1.29, 1.82) is 0 Å². The maximum absolute atomic E-state index is 13.3. The topological polar surface area (TPSA) is 106 Å². The molecule has 2 aliphatic heterocycles. The van der Waals surface area contributed by atoms with Crippen molar-refractivity contribution in [1.82, 2.24) is 19.7 Å². The largest absolute Gasteiger partial charge is 0.345 e. The Balaban J connectivity index is 1.24. The quantitative estimate of drug-likeness (QED) is 0.355. The number of hydrogen-bond acceptors (Lipinski definition) is 9. The minimum atomic E-state index is -3.61. The Hall–Kier alpha value is -2.35. The maximum Gasteiger partial charge on any atom is 0.286 e. The van der Waals surface area contributed by atoms with Crippen LogP contribution in [0.15, 0.2) is 46.8 Å². The summed E-state index contributed by atoms with van der Waals surface area (Å²) in [6.07, 6.45) is 3.92. The lowest BCUT2D eigenvalue weighted by atomic mass is 10.1. The lowest BCUT2D eigenvalue weighted by molar-refractivity contribution is 0.0710. The Kier molecular flexibility index (Phi) is 7.19. The van der Waals surface area contributed by atoms with E-state index < -0.39 is 15.9 Å². The van der Waals surface area contributed by atoms with Crippen molar-refractivity contribution in [2.24, 2.45) is 0 Å². The van der Waals surface area contributed by atoms with E-state index in [-0.39, 0.29) is 0 Å². The number of amides is 1. The number of hydroxylamine groups is 1. The minimum absolute atomic E-state index is 0.294. The van der Waals surface area contributed by atoms with Crippen molar-refractivity contribution < 1.29 is 18.4 Å². The second kappa shape index (κ2) is 10.3. The van der Waals surface area contributed by atoms with E-state index in [4.69, 9.17) is 5.21 Å². The Morgan fingerprint density at radius 2 is 1.74 bits per heavy atom. The minimum Gasteiger partial charge on any atom is -0.345 e. The van der Waals surface area contributed by atoms with Gasteiger partial charge in [-0.1, -0.05) is 23.5 Å². The zero-order valence-corrected chi connectivity index (χ0v) is 21.5. The van der Waals surface area contributed by atoms with Gasteiger partial charge in [0, 0.05) is 37.6 Å². The highest BCUT2D eigenvalue weighted by Gasteiger charge is 2.30. The van der Waals surface area contributed by atoms with Crippen molar-refractivity contribution in [2.45, 2.75) is 24.3 Å². The number of carbonyl (C=O) groups excluding carboxylic acids is 1. The predicted molar refractivity (Wildman–Crippen MR) is 137 cm³/mol. The third-order valence-electron chi connectivity index (χ3n) is 6.44. The normalized spacial score (nSPS) is 17.7. The summed E-state index contributed by atoms with van der Waals surface area (Å²) in [7, 11) is -3.61. The molecule has 2 N–H and O–H groups in total. The van der Waals surface area contributed by atoms with Crippen LogP contribution in [0.5, 0.6) is 0 Å². The number of thiazole rings is 1. The lowest BCUT2D eigenvalue weighted by Gasteiger charge is -2.33. The number of likely N-dealkylation sites (tertiary alicyclic amines) is 1. The number of hydrogen-bond donors (Lipinski definition) is 2. The Labute approximate surface area is 212 Å². The zero-order valence-electron chi connectivity index (χ0n) is 19.1. The highest BCUT2D eigenvalue weighted by atomic mass is 32.2. The third-order valence-corrected chi connectivity index (χ3v) is 10.3. The first kappa shape index (κ1) is 24.3. The van der Waals surface area contributed by atoms with Gasteiger partial charge in [-0.05, 0) is 60.6 Å². The van der Waals surface area contributed by atoms with Gasteiger partial charge in [0.15, 0.2) is 5.13 Å². The molecular weight excluding hydrogens is 506 g/mol. The predicted octanol–water partition coefficient (Wildman–Crippen LogP) is 3.10. The van der Waals surface area contributed by atoms with E-state index in [1.807, 2.05) is 17.0 Å². The summed E-state index contributed by atoms with van der Waals surface area (Å²) in [6, 6.07) is 9.33. The number of thiophene rings is 1. The zero-order chi connectivity index (χ0) is 24.4. The molecule has 35 heavy (non-hydrogen) atoms. The number of sulfonamides is 1. The van der Waals surface area contributed by atoms with Crippen LogP contribution >= 0.6 is 22.7 Å². The highest BCUT2D eigenvalue weighted by molar-refractivity contribution is 7.89. The molecule has 2 aromatic heterocycles. The molecule has 0 radical (unpaired) electrons. The molecule has 0 bridgehead atoms. The van der Waals surface area contributed by atoms with Gasteiger partial charge in [0.2, 0.25) is 10.0 Å². The van der Waals surface area contributed by atoms with Crippen LogP contribution in [-0.4, -0.2) is 73.0 Å². The number of anilines is 1. The third kappa shape index (κ3) is 5.13. The smallest absolute Gasteiger partial charge is 0.286 e. The number of aromatic nitrogens is 1. The van der Waals surface area contributed by atoms with Gasteiger partial charge < -0.3 is 4.90 Å². The first-order chi connectivity index (χ1) is 17.0. The first-order valence-electron chi connectivity index (χ1n) is 11.5. The van der Waals surface area contributed by atoms with Crippen molar-refractivity contribution in [3.63, 3.8) is 0 Å². The van der Waals surface area contributed by atoms with Crippen LogP contribution in [0, 0.1) is 0 Å². The average Bonchev–Trinajstić information content (AvgIpc) is 3.66. The van der Waals surface area contributed by atoms with E-state index in [2.05, 4.69) is 21.3 Å². The second-order valence-corrected chi connectivity index (χ2v) is 12.6. The first-order valence-corrected chi connectivity index (χ1v) is 14.6. The number of carbonyl (C=O) groups is 1. The summed E-state index contributed by atoms with van der Waals surface area (Å²) in [5.41, 5.74) is 3.81. The van der Waals surface area contributed by atoms with Crippen LogP contribution in [0.1, 0.15) is 27.4 Å². The molecule has 1 aromatic carbocycles. The molecule has 5 rings (SSSR count). The van der Waals surface area contributed by atoms with Crippen molar-refractivity contribution in [2.75, 3.05) is 44.2 Å². The molecule has 1 amide bonds. The molecule has 12 heteroatoms. The van der Waals surface area contributed by atoms with E-state index in [0.29, 0.717) is 41.1 Å². The molecule has 2 aliphatic rings. The van der Waals surface area contributed by atoms with Crippen molar-refractivity contribution >= 4 is 43.7 Å². The number of rotatable bonds is 7. The van der Waals surface area contributed by atoms with Crippen molar-refractivity contribution in [3.8, 4) is 11.1 Å². The van der Waals surface area contributed by atoms with Gasteiger partial charge in [-0.25, -0.2) is 18.9 Å². The van der Waals surface area contributed by atoms with Crippen LogP contribution in [-0.2, 0) is 16.6 Å². The Bertz CT molecular complexity index is 1270. The molecule has 0 aliphatic carbocycles. The van der Waals surface area contributed by atoms with E-state index in [1.54, 1.807) is 28.9 Å². The fourth-order valence-electron chi connectivity index (χ4n) is 4.51. The summed E-state index contributed by atoms with van der Waals surface area (Å²) in [4.78, 5) is 22.1. The van der Waals surface area contributed by atoms with Gasteiger partial charge in [-0.2, -0.15) is 4.31 Å². The fourth-order valence-corrected chi connectivity index (χ4v) is 7.73. The number of nitrogens with zero attached hydrogens (tertiary/aromatic N) is 4. The molecular formula is C23H27N5O4S3. The average molecular weight is 534 g/mol. The summed E-state index contributed by atoms with van der Waals surface area (Å²) in [5, 5.41) is 11.5. The monoisotopic (exact) mass is 533 g/mol. The fraction of sp³-hybridized carbons (Fsp3) is 0.391. The molecule has 9 nitrogen and oxygen atoms in total. The molecule has 4 heterocycles. The summed E-state index contributed by atoms with van der Waals surface area (Å²) < 4.78 is 28.0. The van der Waals surface area contributed by atoms with E-state index in [1.165, 1.54) is 33.8 Å². The molecule has 0 unspecified atom stereocenters. The van der Waals surface area contributed by atoms with Gasteiger partial charge >= 0.3 is 0 Å². The maximum atomic E-state index is 13.3. The molecule has 0 saturated carbocycles. The lowest BCUT2D eigenvalue weighted by Crippen LogP contribution is -2.48. The number of nitrogens with one attached hydrogen (secondary N) is 1. The number of piperazine rings is 1.